The standard InChI is InChI=1S/C16H16N2O3/c1-12(5-8-15-4-3-11-21-15)17-18-16(19)13-6-9-14(20-2)10-7-13/h3-11H,1-2H3,(H,18,19)/b8-5+,17-12?. The van der Waals surface area contributed by atoms with Crippen LogP contribution in [-0.2, 0) is 0 Å². The van der Waals surface area contributed by atoms with Crippen molar-refractivity contribution in [1.29, 1.82) is 0 Å². The minimum absolute atomic E-state index is 0.275. The van der Waals surface area contributed by atoms with E-state index in [-0.39, 0.29) is 5.91 Å². The van der Waals surface area contributed by atoms with Gasteiger partial charge in [0.05, 0.1) is 19.1 Å². The highest BCUT2D eigenvalue weighted by atomic mass is 16.5. The first-order valence-corrected chi connectivity index (χ1v) is 6.39. The molecule has 0 atom stereocenters. The molecular formula is C16H16N2O3. The highest BCUT2D eigenvalue weighted by Gasteiger charge is 2.04. The van der Waals surface area contributed by atoms with Gasteiger partial charge in [0.25, 0.3) is 5.91 Å². The minimum atomic E-state index is -0.275. The first-order chi connectivity index (χ1) is 10.2. The Morgan fingerprint density at radius 2 is 2.05 bits per heavy atom. The Morgan fingerprint density at radius 1 is 1.29 bits per heavy atom. The van der Waals surface area contributed by atoms with Crippen molar-refractivity contribution in [2.24, 2.45) is 5.10 Å². The van der Waals surface area contributed by atoms with Crippen LogP contribution in [0.15, 0.2) is 58.3 Å². The van der Waals surface area contributed by atoms with Crippen LogP contribution in [0.2, 0.25) is 0 Å². The summed E-state index contributed by atoms with van der Waals surface area (Å²) in [5, 5.41) is 4.00. The number of rotatable bonds is 5. The van der Waals surface area contributed by atoms with E-state index in [0.29, 0.717) is 17.0 Å². The zero-order valence-corrected chi connectivity index (χ0v) is 11.9. The predicted molar refractivity (Wildman–Crippen MR) is 81.3 cm³/mol. The third kappa shape index (κ3) is 4.35. The van der Waals surface area contributed by atoms with Crippen LogP contribution in [0.1, 0.15) is 23.0 Å². The second kappa shape index (κ2) is 7.09. The first-order valence-electron chi connectivity index (χ1n) is 6.39. The van der Waals surface area contributed by atoms with Crippen molar-refractivity contribution in [3.05, 3.63) is 60.1 Å². The van der Waals surface area contributed by atoms with Gasteiger partial charge in [-0.1, -0.05) is 0 Å². The molecular weight excluding hydrogens is 268 g/mol. The van der Waals surface area contributed by atoms with Crippen LogP contribution in [0.3, 0.4) is 0 Å². The van der Waals surface area contributed by atoms with Gasteiger partial charge in [-0.2, -0.15) is 5.10 Å². The summed E-state index contributed by atoms with van der Waals surface area (Å²) in [6, 6.07) is 10.4. The van der Waals surface area contributed by atoms with E-state index in [2.05, 4.69) is 10.5 Å². The lowest BCUT2D eigenvalue weighted by atomic mass is 10.2. The molecule has 0 saturated carbocycles. The molecule has 0 fully saturated rings. The van der Waals surface area contributed by atoms with Crippen molar-refractivity contribution in [1.82, 2.24) is 5.43 Å². The van der Waals surface area contributed by atoms with Crippen LogP contribution in [0.5, 0.6) is 5.75 Å². The van der Waals surface area contributed by atoms with Crippen LogP contribution >= 0.6 is 0 Å². The Kier molecular flexibility index (Phi) is 4.93. The van der Waals surface area contributed by atoms with Gasteiger partial charge < -0.3 is 9.15 Å². The van der Waals surface area contributed by atoms with Crippen LogP contribution in [-0.4, -0.2) is 18.7 Å². The molecule has 0 aliphatic rings. The molecule has 21 heavy (non-hydrogen) atoms. The molecule has 5 nitrogen and oxygen atoms in total. The molecule has 0 bridgehead atoms. The van der Waals surface area contributed by atoms with E-state index in [4.69, 9.17) is 9.15 Å². The number of carbonyl (C=O) groups excluding carboxylic acids is 1. The topological polar surface area (TPSA) is 63.8 Å². The van der Waals surface area contributed by atoms with E-state index in [1.807, 2.05) is 6.07 Å². The van der Waals surface area contributed by atoms with Gasteiger partial charge in [-0.15, -0.1) is 0 Å². The van der Waals surface area contributed by atoms with E-state index in [1.54, 1.807) is 62.8 Å². The van der Waals surface area contributed by atoms with Gasteiger partial charge in [0.1, 0.15) is 11.5 Å². The van der Waals surface area contributed by atoms with Crippen LogP contribution in [0, 0.1) is 0 Å². The maximum atomic E-state index is 11.9. The van der Waals surface area contributed by atoms with Crippen LogP contribution in [0.4, 0.5) is 0 Å². The van der Waals surface area contributed by atoms with Gasteiger partial charge >= 0.3 is 0 Å². The number of amides is 1. The quantitative estimate of drug-likeness (QED) is 0.677. The molecule has 0 saturated heterocycles. The Labute approximate surface area is 122 Å². The van der Waals surface area contributed by atoms with Crippen LogP contribution < -0.4 is 10.2 Å². The molecule has 1 aromatic heterocycles. The highest BCUT2D eigenvalue weighted by Crippen LogP contribution is 2.11. The van der Waals surface area contributed by atoms with Gasteiger partial charge in [0.2, 0.25) is 0 Å². The van der Waals surface area contributed by atoms with Gasteiger partial charge in [-0.05, 0) is 55.5 Å². The maximum Gasteiger partial charge on any atom is 0.271 e. The lowest BCUT2D eigenvalue weighted by Gasteiger charge is -2.02. The Bertz CT molecular complexity index is 641. The summed E-state index contributed by atoms with van der Waals surface area (Å²) in [5.74, 6) is 1.15. The van der Waals surface area contributed by atoms with E-state index in [0.717, 1.165) is 5.76 Å². The third-order valence-electron chi connectivity index (χ3n) is 2.72. The molecule has 1 aromatic carbocycles. The second-order valence-corrected chi connectivity index (χ2v) is 4.27. The molecule has 2 rings (SSSR count). The van der Waals surface area contributed by atoms with Crippen molar-refractivity contribution < 1.29 is 13.9 Å². The Morgan fingerprint density at radius 3 is 2.67 bits per heavy atom. The number of hydrazone groups is 1. The fraction of sp³-hybridized carbons (Fsp3) is 0.125. The molecule has 0 radical (unpaired) electrons. The van der Waals surface area contributed by atoms with Crippen molar-refractivity contribution in [3.8, 4) is 5.75 Å². The zero-order valence-electron chi connectivity index (χ0n) is 11.9. The van der Waals surface area contributed by atoms with Gasteiger partial charge in [0, 0.05) is 5.56 Å². The lowest BCUT2D eigenvalue weighted by Crippen LogP contribution is -2.18. The molecule has 0 aliphatic carbocycles. The molecule has 1 amide bonds. The monoisotopic (exact) mass is 284 g/mol. The molecule has 1 N–H and O–H groups in total. The van der Waals surface area contributed by atoms with E-state index < -0.39 is 0 Å². The number of nitrogens with one attached hydrogen (secondary N) is 1. The largest absolute Gasteiger partial charge is 0.497 e. The van der Waals surface area contributed by atoms with Crippen molar-refractivity contribution >= 4 is 17.7 Å². The maximum absolute atomic E-state index is 11.9. The van der Waals surface area contributed by atoms with Crippen molar-refractivity contribution in [2.45, 2.75) is 6.92 Å². The number of nitrogens with zero attached hydrogens (tertiary/aromatic N) is 1. The molecule has 2 aromatic rings. The average Bonchev–Trinajstić information content (AvgIpc) is 3.04. The molecule has 108 valence electrons. The SMILES string of the molecule is COc1ccc(C(=O)NN=C(C)/C=C/c2ccco2)cc1. The summed E-state index contributed by atoms with van der Waals surface area (Å²) in [6.45, 7) is 1.79. The van der Waals surface area contributed by atoms with Gasteiger partial charge in [-0.3, -0.25) is 4.79 Å². The lowest BCUT2D eigenvalue weighted by molar-refractivity contribution is 0.0955. The number of hydrogen-bond acceptors (Lipinski definition) is 4. The molecule has 0 spiro atoms. The number of furan rings is 1. The minimum Gasteiger partial charge on any atom is -0.497 e. The number of methoxy groups -OCH3 is 1. The summed E-state index contributed by atoms with van der Waals surface area (Å²) >= 11 is 0. The zero-order chi connectivity index (χ0) is 15.1. The fourth-order valence-electron chi connectivity index (χ4n) is 1.57. The highest BCUT2D eigenvalue weighted by molar-refractivity contribution is 5.99. The number of benzene rings is 1. The smallest absolute Gasteiger partial charge is 0.271 e. The average molecular weight is 284 g/mol. The summed E-state index contributed by atoms with van der Waals surface area (Å²) in [5.41, 5.74) is 3.67. The Balaban J connectivity index is 1.94. The van der Waals surface area contributed by atoms with Crippen molar-refractivity contribution in [3.63, 3.8) is 0 Å². The number of allylic oxidation sites excluding steroid dienone is 1. The second-order valence-electron chi connectivity index (χ2n) is 4.27. The number of ether oxygens (including phenoxy) is 1. The normalized spacial score (nSPS) is 11.6. The predicted octanol–water partition coefficient (Wildman–Crippen LogP) is 3.11. The van der Waals surface area contributed by atoms with E-state index in [9.17, 15) is 4.79 Å². The molecule has 0 aliphatic heterocycles. The number of hydrogen-bond donors (Lipinski definition) is 1. The van der Waals surface area contributed by atoms with E-state index >= 15 is 0 Å². The molecule has 1 heterocycles. The first kappa shape index (κ1) is 14.6. The summed E-state index contributed by atoms with van der Waals surface area (Å²) in [4.78, 5) is 11.9. The van der Waals surface area contributed by atoms with Gasteiger partial charge in [-0.25, -0.2) is 5.43 Å². The molecule has 5 heteroatoms. The van der Waals surface area contributed by atoms with Crippen molar-refractivity contribution in [2.75, 3.05) is 7.11 Å². The van der Waals surface area contributed by atoms with Gasteiger partial charge in [0.15, 0.2) is 0 Å². The summed E-state index contributed by atoms with van der Waals surface area (Å²) < 4.78 is 10.2. The number of carbonyl (C=O) groups is 1. The summed E-state index contributed by atoms with van der Waals surface area (Å²) in [6.07, 6.45) is 5.13. The summed E-state index contributed by atoms with van der Waals surface area (Å²) in [7, 11) is 1.58. The van der Waals surface area contributed by atoms with E-state index in [1.165, 1.54) is 0 Å². The Hall–Kier alpha value is -2.82. The fourth-order valence-corrected chi connectivity index (χ4v) is 1.57. The molecule has 0 unspecified atom stereocenters. The van der Waals surface area contributed by atoms with Crippen LogP contribution in [0.25, 0.3) is 6.08 Å². The third-order valence-corrected chi connectivity index (χ3v) is 2.72.